The molecule has 0 aromatic heterocycles. The number of hydrogen-bond acceptors (Lipinski definition) is 3. The zero-order valence-electron chi connectivity index (χ0n) is 18.1. The smallest absolute Gasteiger partial charge is 0.319 e. The van der Waals surface area contributed by atoms with Crippen molar-refractivity contribution in [3.8, 4) is 0 Å². The third-order valence-corrected chi connectivity index (χ3v) is 5.75. The van der Waals surface area contributed by atoms with Crippen LogP contribution in [0.1, 0.15) is 23.6 Å². The zero-order valence-corrected chi connectivity index (χ0v) is 18.1. The first kappa shape index (κ1) is 21.3. The molecule has 4 rings (SSSR count). The van der Waals surface area contributed by atoms with Crippen molar-refractivity contribution >= 4 is 23.5 Å². The summed E-state index contributed by atoms with van der Waals surface area (Å²) in [6.07, 6.45) is 0. The molecule has 0 bridgehead atoms. The lowest BCUT2D eigenvalue weighted by molar-refractivity contribution is -0.134. The molecule has 4 amide bonds. The van der Waals surface area contributed by atoms with Crippen LogP contribution >= 0.6 is 0 Å². The van der Waals surface area contributed by atoms with Gasteiger partial charge in [0.1, 0.15) is 12.1 Å². The van der Waals surface area contributed by atoms with Crippen molar-refractivity contribution in [3.05, 3.63) is 102 Å². The molecule has 1 atom stereocenters. The van der Waals surface area contributed by atoms with Crippen LogP contribution in [-0.4, -0.2) is 29.3 Å². The van der Waals surface area contributed by atoms with Crippen molar-refractivity contribution in [2.75, 3.05) is 11.4 Å². The van der Waals surface area contributed by atoms with E-state index in [2.05, 4.69) is 5.32 Å². The summed E-state index contributed by atoms with van der Waals surface area (Å²) in [5.74, 6) is -0.774. The molecule has 32 heavy (non-hydrogen) atoms. The van der Waals surface area contributed by atoms with Gasteiger partial charge < -0.3 is 10.2 Å². The second-order valence-electron chi connectivity index (χ2n) is 8.11. The van der Waals surface area contributed by atoms with Crippen LogP contribution in [0.5, 0.6) is 0 Å². The van der Waals surface area contributed by atoms with Gasteiger partial charge in [-0.15, -0.1) is 0 Å². The third kappa shape index (κ3) is 4.12. The highest BCUT2D eigenvalue weighted by atomic mass is 16.2. The lowest BCUT2D eigenvalue weighted by Crippen LogP contribution is -2.44. The Hall–Kier alpha value is -3.93. The molecular weight excluding hydrogens is 402 g/mol. The van der Waals surface area contributed by atoms with E-state index in [-0.39, 0.29) is 12.5 Å². The highest BCUT2D eigenvalue weighted by molar-refractivity contribution is 6.10. The van der Waals surface area contributed by atoms with Crippen LogP contribution in [0, 0.1) is 6.92 Å². The molecule has 1 fully saturated rings. The van der Waals surface area contributed by atoms with Crippen LogP contribution in [0.25, 0.3) is 0 Å². The summed E-state index contributed by atoms with van der Waals surface area (Å²) in [6, 6.07) is 25.7. The average Bonchev–Trinajstić information content (AvgIpc) is 3.03. The summed E-state index contributed by atoms with van der Waals surface area (Å²) < 4.78 is 0. The summed E-state index contributed by atoms with van der Waals surface area (Å²) in [4.78, 5) is 41.9. The molecular formula is C26H25N3O3. The lowest BCUT2D eigenvalue weighted by Gasteiger charge is -2.26. The largest absolute Gasteiger partial charge is 0.325 e. The van der Waals surface area contributed by atoms with E-state index < -0.39 is 17.5 Å². The van der Waals surface area contributed by atoms with E-state index >= 15 is 0 Å². The van der Waals surface area contributed by atoms with Crippen molar-refractivity contribution in [1.82, 2.24) is 10.2 Å². The number of amides is 4. The molecule has 6 heteroatoms. The van der Waals surface area contributed by atoms with Crippen LogP contribution in [0.3, 0.4) is 0 Å². The first-order valence-electron chi connectivity index (χ1n) is 10.5. The normalized spacial score (nSPS) is 17.9. The fraction of sp³-hybridized carbons (Fsp3) is 0.192. The quantitative estimate of drug-likeness (QED) is 0.605. The Morgan fingerprint density at radius 3 is 2.12 bits per heavy atom. The van der Waals surface area contributed by atoms with Crippen molar-refractivity contribution in [1.29, 1.82) is 0 Å². The molecule has 3 aromatic rings. The minimum atomic E-state index is -1.20. The van der Waals surface area contributed by atoms with Gasteiger partial charge in [-0.25, -0.2) is 4.79 Å². The second-order valence-corrected chi connectivity index (χ2v) is 8.11. The summed E-state index contributed by atoms with van der Waals surface area (Å²) in [5.41, 5.74) is 2.21. The van der Waals surface area contributed by atoms with E-state index in [0.717, 1.165) is 16.0 Å². The van der Waals surface area contributed by atoms with E-state index in [0.29, 0.717) is 17.8 Å². The molecule has 1 aliphatic heterocycles. The number of hydrogen-bond donors (Lipinski definition) is 1. The van der Waals surface area contributed by atoms with Crippen LogP contribution in [0.4, 0.5) is 10.5 Å². The maximum Gasteiger partial charge on any atom is 0.325 e. The highest BCUT2D eigenvalue weighted by Gasteiger charge is 2.49. The molecule has 1 unspecified atom stereocenters. The summed E-state index contributed by atoms with van der Waals surface area (Å²) in [7, 11) is 0. The van der Waals surface area contributed by atoms with E-state index in [9.17, 15) is 14.4 Å². The number of aryl methyl sites for hydroxylation is 1. The van der Waals surface area contributed by atoms with Crippen molar-refractivity contribution in [2.45, 2.75) is 25.9 Å². The number of carbonyl (C=O) groups is 3. The predicted octanol–water partition coefficient (Wildman–Crippen LogP) is 4.00. The van der Waals surface area contributed by atoms with Gasteiger partial charge in [0, 0.05) is 5.69 Å². The molecule has 1 N–H and O–H groups in total. The van der Waals surface area contributed by atoms with Crippen LogP contribution in [-0.2, 0) is 21.7 Å². The first-order chi connectivity index (χ1) is 15.4. The minimum absolute atomic E-state index is 0.335. The van der Waals surface area contributed by atoms with Gasteiger partial charge in [0.15, 0.2) is 0 Å². The van der Waals surface area contributed by atoms with Gasteiger partial charge in [-0.1, -0.05) is 78.4 Å². The number of benzene rings is 3. The average molecular weight is 428 g/mol. The van der Waals surface area contributed by atoms with Crippen molar-refractivity contribution < 1.29 is 14.4 Å². The van der Waals surface area contributed by atoms with Gasteiger partial charge in [0.2, 0.25) is 5.91 Å². The van der Waals surface area contributed by atoms with Crippen molar-refractivity contribution in [3.63, 3.8) is 0 Å². The van der Waals surface area contributed by atoms with Crippen LogP contribution in [0.15, 0.2) is 84.9 Å². The molecule has 0 saturated carbocycles. The molecule has 162 valence electrons. The fourth-order valence-corrected chi connectivity index (χ4v) is 3.84. The van der Waals surface area contributed by atoms with E-state index in [1.54, 1.807) is 24.0 Å². The maximum atomic E-state index is 13.4. The SMILES string of the molecule is Cc1ccc(N(Cc2ccccc2)C(=O)CN2C(=O)NC(C)(c3ccccc3)C2=O)cc1. The van der Waals surface area contributed by atoms with Gasteiger partial charge in [-0.05, 0) is 37.1 Å². The standard InChI is InChI=1S/C26H25N3O3/c1-19-13-15-22(16-14-19)28(17-20-9-5-3-6-10-20)23(30)18-29-24(31)26(2,27-25(29)32)21-11-7-4-8-12-21/h3-16H,17-18H2,1-2H3,(H,27,32). The maximum absolute atomic E-state index is 13.4. The Bertz CT molecular complexity index is 1130. The molecule has 0 spiro atoms. The number of anilines is 1. The monoisotopic (exact) mass is 427 g/mol. The molecule has 6 nitrogen and oxygen atoms in total. The van der Waals surface area contributed by atoms with E-state index in [4.69, 9.17) is 0 Å². The molecule has 0 aliphatic carbocycles. The number of rotatable bonds is 6. The Morgan fingerprint density at radius 1 is 0.906 bits per heavy atom. The van der Waals surface area contributed by atoms with Gasteiger partial charge >= 0.3 is 6.03 Å². The van der Waals surface area contributed by atoms with E-state index in [1.807, 2.05) is 79.7 Å². The molecule has 1 saturated heterocycles. The number of urea groups is 1. The van der Waals surface area contributed by atoms with Crippen molar-refractivity contribution in [2.24, 2.45) is 0 Å². The zero-order chi connectivity index (χ0) is 22.7. The van der Waals surface area contributed by atoms with Gasteiger partial charge in [-0.2, -0.15) is 0 Å². The molecule has 1 heterocycles. The summed E-state index contributed by atoms with van der Waals surface area (Å²) >= 11 is 0. The van der Waals surface area contributed by atoms with Gasteiger partial charge in [0.25, 0.3) is 5.91 Å². The van der Waals surface area contributed by atoms with Gasteiger partial charge in [0.05, 0.1) is 6.54 Å². The minimum Gasteiger partial charge on any atom is -0.319 e. The first-order valence-corrected chi connectivity index (χ1v) is 10.5. The molecule has 3 aromatic carbocycles. The highest BCUT2D eigenvalue weighted by Crippen LogP contribution is 2.29. The summed E-state index contributed by atoms with van der Waals surface area (Å²) in [5, 5.41) is 2.75. The van der Waals surface area contributed by atoms with E-state index in [1.165, 1.54) is 0 Å². The molecule has 0 radical (unpaired) electrons. The fourth-order valence-electron chi connectivity index (χ4n) is 3.84. The number of nitrogens with zero attached hydrogens (tertiary/aromatic N) is 2. The number of imide groups is 1. The Labute approximate surface area is 187 Å². The third-order valence-electron chi connectivity index (χ3n) is 5.75. The number of carbonyl (C=O) groups excluding carboxylic acids is 3. The Morgan fingerprint density at radius 2 is 1.50 bits per heavy atom. The van der Waals surface area contributed by atoms with Crippen LogP contribution < -0.4 is 10.2 Å². The Kier molecular flexibility index (Phi) is 5.77. The topological polar surface area (TPSA) is 69.7 Å². The van der Waals surface area contributed by atoms with Crippen LogP contribution in [0.2, 0.25) is 0 Å². The summed E-state index contributed by atoms with van der Waals surface area (Å²) in [6.45, 7) is 3.63. The number of nitrogens with one attached hydrogen (secondary N) is 1. The molecule has 1 aliphatic rings. The lowest BCUT2D eigenvalue weighted by atomic mass is 9.92. The predicted molar refractivity (Wildman–Crippen MR) is 123 cm³/mol. The second kappa shape index (κ2) is 8.67. The Balaban J connectivity index is 1.59. The van der Waals surface area contributed by atoms with Gasteiger partial charge in [-0.3, -0.25) is 14.5 Å².